The van der Waals surface area contributed by atoms with Gasteiger partial charge in [0.05, 0.1) is 11.3 Å². The molecule has 4 heteroatoms. The van der Waals surface area contributed by atoms with Gasteiger partial charge in [0.15, 0.2) is 5.78 Å². The first-order valence-corrected chi connectivity index (χ1v) is 7.16. The summed E-state index contributed by atoms with van der Waals surface area (Å²) in [6, 6.07) is 9.90. The summed E-state index contributed by atoms with van der Waals surface area (Å²) in [7, 11) is 0. The highest BCUT2D eigenvalue weighted by molar-refractivity contribution is 7.10. The average Bonchev–Trinajstić information content (AvgIpc) is 2.72. The summed E-state index contributed by atoms with van der Waals surface area (Å²) in [4.78, 5) is 12.3. The number of ketones is 1. The molecule has 19 heavy (non-hydrogen) atoms. The van der Waals surface area contributed by atoms with E-state index in [1.165, 1.54) is 11.5 Å². The van der Waals surface area contributed by atoms with Crippen molar-refractivity contribution in [2.75, 3.05) is 5.32 Å². The van der Waals surface area contributed by atoms with Gasteiger partial charge in [0.2, 0.25) is 0 Å². The van der Waals surface area contributed by atoms with Gasteiger partial charge >= 0.3 is 0 Å². The summed E-state index contributed by atoms with van der Waals surface area (Å²) in [5.41, 5.74) is 2.77. The smallest absolute Gasteiger partial charge is 0.168 e. The number of aromatic nitrogens is 1. The third kappa shape index (κ3) is 2.40. The molecular formula is C15H16N2OS. The molecule has 0 spiro atoms. The fraction of sp³-hybridized carbons (Fsp3) is 0.333. The van der Waals surface area contributed by atoms with Gasteiger partial charge in [0, 0.05) is 12.1 Å². The molecule has 1 N–H and O–H groups in total. The lowest BCUT2D eigenvalue weighted by atomic mass is 9.76. The molecule has 0 amide bonds. The predicted octanol–water partition coefficient (Wildman–Crippen LogP) is 4.04. The fourth-order valence-corrected chi connectivity index (χ4v) is 3.35. The summed E-state index contributed by atoms with van der Waals surface area (Å²) >= 11 is 1.38. The monoisotopic (exact) mass is 272 g/mol. The topological polar surface area (TPSA) is 42.0 Å². The number of anilines is 2. The zero-order valence-corrected chi connectivity index (χ0v) is 11.9. The fourth-order valence-electron chi connectivity index (χ4n) is 2.51. The van der Waals surface area contributed by atoms with Crippen LogP contribution in [0.5, 0.6) is 0 Å². The van der Waals surface area contributed by atoms with Crippen LogP contribution in [-0.4, -0.2) is 10.2 Å². The van der Waals surface area contributed by atoms with Crippen LogP contribution in [0.3, 0.4) is 0 Å². The number of benzene rings is 1. The van der Waals surface area contributed by atoms with Crippen LogP contribution in [0, 0.1) is 5.41 Å². The molecule has 0 saturated heterocycles. The standard InChI is InChI=1S/C15H16N2OS/c1-15(2)8-11-13(12(18)9-15)14(19-17-11)16-10-6-4-3-5-7-10/h3-7,16H,8-9H2,1-2H3. The Morgan fingerprint density at radius 2 is 1.95 bits per heavy atom. The Hall–Kier alpha value is -1.68. The van der Waals surface area contributed by atoms with Crippen LogP contribution < -0.4 is 5.32 Å². The van der Waals surface area contributed by atoms with Gasteiger partial charge < -0.3 is 5.32 Å². The van der Waals surface area contributed by atoms with E-state index in [2.05, 4.69) is 23.5 Å². The maximum atomic E-state index is 12.3. The summed E-state index contributed by atoms with van der Waals surface area (Å²) < 4.78 is 4.46. The first-order chi connectivity index (χ1) is 9.05. The molecule has 1 aromatic carbocycles. The van der Waals surface area contributed by atoms with Gasteiger partial charge in [-0.3, -0.25) is 4.79 Å². The Morgan fingerprint density at radius 1 is 1.21 bits per heavy atom. The molecule has 1 aliphatic carbocycles. The van der Waals surface area contributed by atoms with Crippen LogP contribution in [0.25, 0.3) is 0 Å². The van der Waals surface area contributed by atoms with Crippen molar-refractivity contribution >= 4 is 28.0 Å². The van der Waals surface area contributed by atoms with E-state index >= 15 is 0 Å². The number of rotatable bonds is 2. The molecular weight excluding hydrogens is 256 g/mol. The number of carbonyl (C=O) groups is 1. The van der Waals surface area contributed by atoms with Gasteiger partial charge in [-0.05, 0) is 35.5 Å². The van der Waals surface area contributed by atoms with Gasteiger partial charge in [-0.25, -0.2) is 0 Å². The van der Waals surface area contributed by atoms with Crippen LogP contribution in [0.1, 0.15) is 36.3 Å². The summed E-state index contributed by atoms with van der Waals surface area (Å²) in [5.74, 6) is 0.207. The molecule has 2 aromatic rings. The number of nitrogens with zero attached hydrogens (tertiary/aromatic N) is 1. The Labute approximate surface area is 116 Å². The maximum absolute atomic E-state index is 12.3. The molecule has 1 aliphatic rings. The van der Waals surface area contributed by atoms with Crippen LogP contribution in [0.15, 0.2) is 30.3 Å². The molecule has 0 unspecified atom stereocenters. The third-order valence-corrected chi connectivity index (χ3v) is 4.16. The van der Waals surface area contributed by atoms with E-state index in [0.717, 1.165) is 28.4 Å². The molecule has 0 atom stereocenters. The Morgan fingerprint density at radius 3 is 2.68 bits per heavy atom. The number of fused-ring (bicyclic) bond motifs is 1. The van der Waals surface area contributed by atoms with Crippen molar-refractivity contribution in [1.82, 2.24) is 4.37 Å². The molecule has 98 valence electrons. The minimum Gasteiger partial charge on any atom is -0.345 e. The number of Topliss-reactive ketones (excluding diaryl/α,β-unsaturated/α-hetero) is 1. The highest BCUT2D eigenvalue weighted by atomic mass is 32.1. The molecule has 0 bridgehead atoms. The first-order valence-electron chi connectivity index (χ1n) is 6.39. The van der Waals surface area contributed by atoms with E-state index in [9.17, 15) is 4.79 Å². The van der Waals surface area contributed by atoms with Crippen molar-refractivity contribution in [2.24, 2.45) is 5.41 Å². The van der Waals surface area contributed by atoms with Crippen LogP contribution in [0.4, 0.5) is 10.7 Å². The minimum atomic E-state index is 0.0299. The van der Waals surface area contributed by atoms with Gasteiger partial charge in [-0.1, -0.05) is 32.0 Å². The number of hydrogen-bond donors (Lipinski definition) is 1. The molecule has 3 rings (SSSR count). The highest BCUT2D eigenvalue weighted by Crippen LogP contribution is 2.39. The Bertz CT molecular complexity index is 616. The van der Waals surface area contributed by atoms with E-state index in [0.29, 0.717) is 6.42 Å². The lowest BCUT2D eigenvalue weighted by Gasteiger charge is -2.27. The van der Waals surface area contributed by atoms with Gasteiger partial charge in [0.1, 0.15) is 5.00 Å². The molecule has 0 fully saturated rings. The summed E-state index contributed by atoms with van der Waals surface area (Å²) in [6.07, 6.45) is 1.48. The third-order valence-electron chi connectivity index (χ3n) is 3.36. The van der Waals surface area contributed by atoms with E-state index in [-0.39, 0.29) is 11.2 Å². The minimum absolute atomic E-state index is 0.0299. The average molecular weight is 272 g/mol. The predicted molar refractivity (Wildman–Crippen MR) is 78.3 cm³/mol. The zero-order valence-electron chi connectivity index (χ0n) is 11.1. The second-order valence-electron chi connectivity index (χ2n) is 5.77. The molecule has 0 aliphatic heterocycles. The van der Waals surface area contributed by atoms with Crippen LogP contribution in [-0.2, 0) is 6.42 Å². The summed E-state index contributed by atoms with van der Waals surface area (Å²) in [6.45, 7) is 4.25. The number of carbonyl (C=O) groups excluding carboxylic acids is 1. The second-order valence-corrected chi connectivity index (χ2v) is 6.54. The molecule has 0 radical (unpaired) electrons. The number of para-hydroxylation sites is 1. The lowest BCUT2D eigenvalue weighted by molar-refractivity contribution is 0.0913. The molecule has 3 nitrogen and oxygen atoms in total. The summed E-state index contributed by atoms with van der Waals surface area (Å²) in [5, 5.41) is 4.18. The van der Waals surface area contributed by atoms with Crippen molar-refractivity contribution < 1.29 is 4.79 Å². The van der Waals surface area contributed by atoms with Crippen molar-refractivity contribution in [2.45, 2.75) is 26.7 Å². The van der Waals surface area contributed by atoms with E-state index in [1.54, 1.807) is 0 Å². The van der Waals surface area contributed by atoms with Crippen molar-refractivity contribution in [3.63, 3.8) is 0 Å². The lowest BCUT2D eigenvalue weighted by Crippen LogP contribution is -2.26. The molecule has 1 aromatic heterocycles. The van der Waals surface area contributed by atoms with Crippen molar-refractivity contribution in [3.05, 3.63) is 41.6 Å². The zero-order chi connectivity index (χ0) is 13.5. The van der Waals surface area contributed by atoms with Crippen molar-refractivity contribution in [3.8, 4) is 0 Å². The quantitative estimate of drug-likeness (QED) is 0.897. The van der Waals surface area contributed by atoms with Crippen LogP contribution in [0.2, 0.25) is 0 Å². The number of nitrogens with one attached hydrogen (secondary N) is 1. The van der Waals surface area contributed by atoms with E-state index in [1.807, 2.05) is 30.3 Å². The van der Waals surface area contributed by atoms with Crippen molar-refractivity contribution in [1.29, 1.82) is 0 Å². The maximum Gasteiger partial charge on any atom is 0.168 e. The van der Waals surface area contributed by atoms with Gasteiger partial charge in [0.25, 0.3) is 0 Å². The first kappa shape index (κ1) is 12.4. The highest BCUT2D eigenvalue weighted by Gasteiger charge is 2.34. The SMILES string of the molecule is CC1(C)CC(=O)c2c(nsc2Nc2ccccc2)C1. The van der Waals surface area contributed by atoms with Gasteiger partial charge in [-0.2, -0.15) is 4.37 Å². The Kier molecular flexibility index (Phi) is 2.90. The molecule has 1 heterocycles. The van der Waals surface area contributed by atoms with Gasteiger partial charge in [-0.15, -0.1) is 0 Å². The van der Waals surface area contributed by atoms with E-state index in [4.69, 9.17) is 0 Å². The second kappa shape index (κ2) is 4.46. The largest absolute Gasteiger partial charge is 0.345 e. The van der Waals surface area contributed by atoms with E-state index < -0.39 is 0 Å². The normalized spacial score (nSPS) is 17.1. The number of hydrogen-bond acceptors (Lipinski definition) is 4. The Balaban J connectivity index is 1.94. The molecule has 0 saturated carbocycles. The van der Waals surface area contributed by atoms with Crippen LogP contribution >= 0.6 is 11.5 Å².